The van der Waals surface area contributed by atoms with Crippen molar-refractivity contribution in [2.24, 2.45) is 0 Å². The smallest absolute Gasteiger partial charge is 0.148 e. The van der Waals surface area contributed by atoms with Crippen molar-refractivity contribution < 1.29 is 9.47 Å². The first-order chi connectivity index (χ1) is 13.3. The van der Waals surface area contributed by atoms with E-state index in [1.807, 2.05) is 48.7 Å². The van der Waals surface area contributed by atoms with E-state index in [4.69, 9.17) is 14.5 Å². The summed E-state index contributed by atoms with van der Waals surface area (Å²) in [6.07, 6.45) is 3.68. The lowest BCUT2D eigenvalue weighted by Crippen LogP contribution is -2.31. The second-order valence-electron chi connectivity index (χ2n) is 6.92. The fourth-order valence-electron chi connectivity index (χ4n) is 3.62. The van der Waals surface area contributed by atoms with Gasteiger partial charge in [0.25, 0.3) is 0 Å². The predicted octanol–water partition coefficient (Wildman–Crippen LogP) is 2.11. The fourth-order valence-corrected chi connectivity index (χ4v) is 3.62. The van der Waals surface area contributed by atoms with E-state index in [1.165, 1.54) is 0 Å². The van der Waals surface area contributed by atoms with Crippen LogP contribution in [0.15, 0.2) is 54.9 Å². The van der Waals surface area contributed by atoms with Crippen LogP contribution in [-0.2, 0) is 9.47 Å². The summed E-state index contributed by atoms with van der Waals surface area (Å²) in [5.41, 5.74) is 1.81. The summed E-state index contributed by atoms with van der Waals surface area (Å²) in [4.78, 5) is 15.8. The third-order valence-corrected chi connectivity index (χ3v) is 5.02. The zero-order chi connectivity index (χ0) is 18.1. The van der Waals surface area contributed by atoms with Gasteiger partial charge in [-0.1, -0.05) is 18.2 Å². The second kappa shape index (κ2) is 7.09. The van der Waals surface area contributed by atoms with Crippen LogP contribution in [0, 0.1) is 0 Å². The molecule has 0 amide bonds. The number of rotatable bonds is 3. The molecule has 3 aromatic rings. The van der Waals surface area contributed by atoms with Crippen molar-refractivity contribution in [2.45, 2.75) is 18.2 Å². The summed E-state index contributed by atoms with van der Waals surface area (Å²) in [6.45, 7) is 2.70. The first-order valence-electron chi connectivity index (χ1n) is 9.23. The largest absolute Gasteiger partial charge is 0.371 e. The van der Waals surface area contributed by atoms with Gasteiger partial charge in [-0.2, -0.15) is 0 Å². The molecule has 2 atom stereocenters. The van der Waals surface area contributed by atoms with Gasteiger partial charge in [-0.05, 0) is 24.3 Å². The van der Waals surface area contributed by atoms with Crippen molar-refractivity contribution in [3.8, 4) is 0 Å². The Morgan fingerprint density at radius 3 is 2.37 bits per heavy atom. The van der Waals surface area contributed by atoms with Crippen LogP contribution in [-0.4, -0.2) is 59.5 Å². The van der Waals surface area contributed by atoms with Crippen molar-refractivity contribution in [1.82, 2.24) is 15.0 Å². The second-order valence-corrected chi connectivity index (χ2v) is 6.92. The van der Waals surface area contributed by atoms with Crippen LogP contribution in [0.2, 0.25) is 0 Å². The molecule has 0 spiro atoms. The monoisotopic (exact) mass is 363 g/mol. The molecule has 0 bridgehead atoms. The van der Waals surface area contributed by atoms with E-state index in [2.05, 4.69) is 20.2 Å². The molecule has 0 unspecified atom stereocenters. The molecular formula is C20H21N5O2. The van der Waals surface area contributed by atoms with E-state index < -0.39 is 0 Å². The number of benzene rings is 1. The highest BCUT2D eigenvalue weighted by molar-refractivity contribution is 5.75. The van der Waals surface area contributed by atoms with Gasteiger partial charge in [-0.25, -0.2) is 9.97 Å². The summed E-state index contributed by atoms with van der Waals surface area (Å²) in [5, 5.41) is 3.38. The molecule has 27 heavy (non-hydrogen) atoms. The topological polar surface area (TPSA) is 72.4 Å². The van der Waals surface area contributed by atoms with Gasteiger partial charge in [0.2, 0.25) is 0 Å². The van der Waals surface area contributed by atoms with E-state index >= 15 is 0 Å². The van der Waals surface area contributed by atoms with Gasteiger partial charge in [0.1, 0.15) is 23.8 Å². The van der Waals surface area contributed by atoms with Crippen LogP contribution in [0.5, 0.6) is 0 Å². The maximum Gasteiger partial charge on any atom is 0.148 e. The van der Waals surface area contributed by atoms with Gasteiger partial charge in [0.15, 0.2) is 0 Å². The molecule has 0 saturated carbocycles. The molecule has 2 aliphatic rings. The Balaban J connectivity index is 1.25. The Morgan fingerprint density at radius 2 is 1.63 bits per heavy atom. The lowest BCUT2D eigenvalue weighted by molar-refractivity contribution is -0.00461. The molecule has 1 N–H and O–H groups in total. The quantitative estimate of drug-likeness (QED) is 0.764. The first kappa shape index (κ1) is 16.4. The van der Waals surface area contributed by atoms with Gasteiger partial charge in [0.05, 0.1) is 36.5 Å². The minimum Gasteiger partial charge on any atom is -0.371 e. The number of ether oxygens (including phenoxy) is 2. The van der Waals surface area contributed by atoms with Crippen LogP contribution < -0.4 is 10.2 Å². The molecular weight excluding hydrogens is 342 g/mol. The highest BCUT2D eigenvalue weighted by Gasteiger charge is 2.38. The molecule has 7 nitrogen and oxygen atoms in total. The van der Waals surface area contributed by atoms with E-state index in [9.17, 15) is 0 Å². The summed E-state index contributed by atoms with van der Waals surface area (Å²) in [5.74, 6) is 1.71. The molecule has 0 radical (unpaired) electrons. The number of anilines is 2. The Morgan fingerprint density at radius 1 is 0.889 bits per heavy atom. The highest BCUT2D eigenvalue weighted by atomic mass is 16.6. The average molecular weight is 363 g/mol. The lowest BCUT2D eigenvalue weighted by atomic mass is 10.3. The molecule has 7 heteroatoms. The third kappa shape index (κ3) is 3.43. The number of nitrogens with zero attached hydrogens (tertiary/aromatic N) is 4. The van der Waals surface area contributed by atoms with Crippen LogP contribution in [0.25, 0.3) is 11.0 Å². The van der Waals surface area contributed by atoms with Crippen LogP contribution in [0.1, 0.15) is 0 Å². The maximum atomic E-state index is 6.15. The molecule has 0 aliphatic carbocycles. The zero-order valence-corrected chi connectivity index (χ0v) is 14.9. The van der Waals surface area contributed by atoms with E-state index in [-0.39, 0.29) is 18.2 Å². The molecule has 2 aromatic heterocycles. The fraction of sp³-hybridized carbons (Fsp3) is 0.350. The van der Waals surface area contributed by atoms with Crippen LogP contribution in [0.3, 0.4) is 0 Å². The normalized spacial score (nSPS) is 23.2. The summed E-state index contributed by atoms with van der Waals surface area (Å²) in [6, 6.07) is 13.8. The summed E-state index contributed by atoms with van der Waals surface area (Å²) < 4.78 is 12.3. The standard InChI is InChI=1S/C20H21N5O2/c1-2-6-16-15(5-1)22-9-20(24-16)25-10-17-18(11-25)27-13-14(12-26-17)23-19-7-3-4-8-21-19/h1-9,14,17-18H,10-13H2,(H,21,23)/t17-,18-/m0/s1. The highest BCUT2D eigenvalue weighted by Crippen LogP contribution is 2.25. The Labute approximate surface area is 157 Å². The minimum absolute atomic E-state index is 0.0359. The molecule has 2 fully saturated rings. The van der Waals surface area contributed by atoms with E-state index in [0.717, 1.165) is 35.8 Å². The number of fused-ring (bicyclic) bond motifs is 2. The number of hydrogen-bond acceptors (Lipinski definition) is 7. The molecule has 5 rings (SSSR count). The molecule has 138 valence electrons. The Bertz CT molecular complexity index is 906. The van der Waals surface area contributed by atoms with Crippen LogP contribution in [0.4, 0.5) is 11.6 Å². The van der Waals surface area contributed by atoms with Gasteiger partial charge in [0, 0.05) is 19.3 Å². The zero-order valence-electron chi connectivity index (χ0n) is 14.9. The number of para-hydroxylation sites is 2. The van der Waals surface area contributed by atoms with E-state index in [0.29, 0.717) is 13.2 Å². The van der Waals surface area contributed by atoms with Crippen molar-refractivity contribution in [2.75, 3.05) is 36.5 Å². The molecule has 4 heterocycles. The van der Waals surface area contributed by atoms with Gasteiger partial charge < -0.3 is 19.7 Å². The number of nitrogens with one attached hydrogen (secondary N) is 1. The number of aromatic nitrogens is 3. The summed E-state index contributed by atoms with van der Waals surface area (Å²) in [7, 11) is 0. The number of hydrogen-bond donors (Lipinski definition) is 1. The van der Waals surface area contributed by atoms with Gasteiger partial charge >= 0.3 is 0 Å². The summed E-state index contributed by atoms with van der Waals surface area (Å²) >= 11 is 0. The van der Waals surface area contributed by atoms with Crippen molar-refractivity contribution in [3.63, 3.8) is 0 Å². The average Bonchev–Trinajstić information content (AvgIpc) is 3.04. The van der Waals surface area contributed by atoms with Gasteiger partial charge in [-0.15, -0.1) is 0 Å². The molecule has 2 aliphatic heterocycles. The SMILES string of the molecule is c1ccc(NC2CO[C@H]3CN(c4cnc5ccccc5n4)C[C@@H]3OC2)nc1. The van der Waals surface area contributed by atoms with Crippen LogP contribution >= 0.6 is 0 Å². The van der Waals surface area contributed by atoms with Crippen molar-refractivity contribution in [3.05, 3.63) is 54.9 Å². The first-order valence-corrected chi connectivity index (χ1v) is 9.23. The van der Waals surface area contributed by atoms with Crippen molar-refractivity contribution in [1.29, 1.82) is 0 Å². The lowest BCUT2D eigenvalue weighted by Gasteiger charge is -2.20. The molecule has 2 saturated heterocycles. The minimum atomic E-state index is 0.0359. The predicted molar refractivity (Wildman–Crippen MR) is 103 cm³/mol. The molecule has 1 aromatic carbocycles. The Hall–Kier alpha value is -2.77. The number of pyridine rings is 1. The van der Waals surface area contributed by atoms with E-state index in [1.54, 1.807) is 6.20 Å². The third-order valence-electron chi connectivity index (χ3n) is 5.02. The maximum absolute atomic E-state index is 6.15. The Kier molecular flexibility index (Phi) is 4.31. The van der Waals surface area contributed by atoms with Crippen molar-refractivity contribution >= 4 is 22.7 Å². The van der Waals surface area contributed by atoms with Gasteiger partial charge in [-0.3, -0.25) is 4.98 Å².